The SMILES string of the molecule is CC(C)C(=O)N1CCN(Cc2cnn(C)c2)C[C@@]2(CC(=O)N(C)C2)C1. The summed E-state index contributed by atoms with van der Waals surface area (Å²) in [5.74, 6) is 0.349. The number of carbonyl (C=O) groups excluding carboxylic acids is 2. The van der Waals surface area contributed by atoms with Gasteiger partial charge in [-0.3, -0.25) is 19.2 Å². The number of aryl methyl sites for hydroxylation is 1. The molecule has 0 bridgehead atoms. The maximum absolute atomic E-state index is 12.6. The highest BCUT2D eigenvalue weighted by atomic mass is 16.2. The van der Waals surface area contributed by atoms with E-state index in [1.54, 1.807) is 0 Å². The molecular formula is C18H29N5O2. The van der Waals surface area contributed by atoms with Gasteiger partial charge in [-0.25, -0.2) is 0 Å². The molecule has 2 fully saturated rings. The molecular weight excluding hydrogens is 318 g/mol. The zero-order valence-electron chi connectivity index (χ0n) is 15.7. The molecule has 1 aromatic heterocycles. The number of hydrogen-bond acceptors (Lipinski definition) is 4. The molecule has 2 amide bonds. The van der Waals surface area contributed by atoms with Crippen LogP contribution >= 0.6 is 0 Å². The van der Waals surface area contributed by atoms with E-state index in [0.717, 1.165) is 32.7 Å². The van der Waals surface area contributed by atoms with Crippen LogP contribution in [0.3, 0.4) is 0 Å². The minimum Gasteiger partial charge on any atom is -0.345 e. The molecule has 25 heavy (non-hydrogen) atoms. The second kappa shape index (κ2) is 6.78. The van der Waals surface area contributed by atoms with Crippen molar-refractivity contribution in [2.75, 3.05) is 39.8 Å². The van der Waals surface area contributed by atoms with Gasteiger partial charge in [0.25, 0.3) is 0 Å². The summed E-state index contributed by atoms with van der Waals surface area (Å²) in [4.78, 5) is 31.0. The molecule has 0 unspecified atom stereocenters. The highest BCUT2D eigenvalue weighted by Gasteiger charge is 2.46. The molecule has 1 spiro atoms. The van der Waals surface area contributed by atoms with Gasteiger partial charge in [0.05, 0.1) is 6.20 Å². The smallest absolute Gasteiger partial charge is 0.225 e. The maximum atomic E-state index is 12.6. The van der Waals surface area contributed by atoms with E-state index in [2.05, 4.69) is 10.00 Å². The van der Waals surface area contributed by atoms with Crippen LogP contribution in [-0.2, 0) is 23.2 Å². The fraction of sp³-hybridized carbons (Fsp3) is 0.722. The Kier molecular flexibility index (Phi) is 4.86. The van der Waals surface area contributed by atoms with Gasteiger partial charge in [-0.1, -0.05) is 13.8 Å². The predicted molar refractivity (Wildman–Crippen MR) is 94.6 cm³/mol. The van der Waals surface area contributed by atoms with Crippen LogP contribution in [0.15, 0.2) is 12.4 Å². The molecule has 3 rings (SSSR count). The minimum atomic E-state index is -0.172. The number of aromatic nitrogens is 2. The lowest BCUT2D eigenvalue weighted by Gasteiger charge is -2.33. The lowest BCUT2D eigenvalue weighted by Crippen LogP contribution is -2.45. The average Bonchev–Trinajstić information content (AvgIpc) is 2.99. The van der Waals surface area contributed by atoms with Gasteiger partial charge in [-0.2, -0.15) is 5.10 Å². The van der Waals surface area contributed by atoms with Gasteiger partial charge in [-0.15, -0.1) is 0 Å². The van der Waals surface area contributed by atoms with Crippen LogP contribution in [-0.4, -0.2) is 76.1 Å². The first kappa shape index (κ1) is 17.9. The Morgan fingerprint density at radius 2 is 2.00 bits per heavy atom. The van der Waals surface area contributed by atoms with Gasteiger partial charge in [-0.05, 0) is 0 Å². The molecule has 1 atom stereocenters. The summed E-state index contributed by atoms with van der Waals surface area (Å²) in [5, 5.41) is 4.25. The molecule has 7 heteroatoms. The van der Waals surface area contributed by atoms with Crippen LogP contribution in [0, 0.1) is 11.3 Å². The lowest BCUT2D eigenvalue weighted by atomic mass is 9.85. The first-order valence-electron chi connectivity index (χ1n) is 9.01. The highest BCUT2D eigenvalue weighted by molar-refractivity contribution is 5.80. The van der Waals surface area contributed by atoms with Crippen LogP contribution in [0.2, 0.25) is 0 Å². The van der Waals surface area contributed by atoms with Crippen LogP contribution in [0.4, 0.5) is 0 Å². The Balaban J connectivity index is 1.81. The fourth-order valence-electron chi connectivity index (χ4n) is 4.16. The summed E-state index contributed by atoms with van der Waals surface area (Å²) in [5.41, 5.74) is 0.994. The Morgan fingerprint density at radius 1 is 1.24 bits per heavy atom. The average molecular weight is 347 g/mol. The second-order valence-corrected chi connectivity index (χ2v) is 8.07. The van der Waals surface area contributed by atoms with Crippen molar-refractivity contribution in [3.63, 3.8) is 0 Å². The topological polar surface area (TPSA) is 61.7 Å². The van der Waals surface area contributed by atoms with Crippen LogP contribution < -0.4 is 0 Å². The van der Waals surface area contributed by atoms with Crippen molar-refractivity contribution in [2.24, 2.45) is 18.4 Å². The Hall–Kier alpha value is -1.89. The molecule has 0 saturated carbocycles. The minimum absolute atomic E-state index is 0.0169. The van der Waals surface area contributed by atoms with Crippen molar-refractivity contribution in [3.05, 3.63) is 18.0 Å². The monoisotopic (exact) mass is 347 g/mol. The molecule has 2 aliphatic rings. The third-order valence-electron chi connectivity index (χ3n) is 5.27. The lowest BCUT2D eigenvalue weighted by molar-refractivity contribution is -0.135. The fourth-order valence-corrected chi connectivity index (χ4v) is 4.16. The quantitative estimate of drug-likeness (QED) is 0.802. The van der Waals surface area contributed by atoms with Crippen molar-refractivity contribution in [2.45, 2.75) is 26.8 Å². The van der Waals surface area contributed by atoms with Crippen LogP contribution in [0.5, 0.6) is 0 Å². The normalized spacial score (nSPS) is 25.2. The van der Waals surface area contributed by atoms with Gasteiger partial charge in [0.15, 0.2) is 0 Å². The standard InChI is InChI=1S/C18H29N5O2/c1-14(2)17(25)23-6-5-22(10-15-8-19-21(4)9-15)12-18(13-23)7-16(24)20(3)11-18/h8-9,14H,5-7,10-13H2,1-4H3/t18-/m0/s1. The Morgan fingerprint density at radius 3 is 2.56 bits per heavy atom. The van der Waals surface area contributed by atoms with Gasteiger partial charge in [0, 0.05) is 82.9 Å². The zero-order valence-corrected chi connectivity index (χ0v) is 15.7. The number of amides is 2. The molecule has 7 nitrogen and oxygen atoms in total. The van der Waals surface area contributed by atoms with Crippen molar-refractivity contribution >= 4 is 11.8 Å². The molecule has 1 aromatic rings. The number of rotatable bonds is 3. The van der Waals surface area contributed by atoms with Crippen LogP contribution in [0.1, 0.15) is 25.8 Å². The summed E-state index contributed by atoms with van der Waals surface area (Å²) in [6, 6.07) is 0. The van der Waals surface area contributed by atoms with Crippen molar-refractivity contribution in [1.82, 2.24) is 24.5 Å². The Bertz CT molecular complexity index is 656. The maximum Gasteiger partial charge on any atom is 0.225 e. The van der Waals surface area contributed by atoms with Gasteiger partial charge >= 0.3 is 0 Å². The summed E-state index contributed by atoms with van der Waals surface area (Å²) in [7, 11) is 3.78. The number of nitrogens with zero attached hydrogens (tertiary/aromatic N) is 5. The molecule has 2 aliphatic heterocycles. The van der Waals surface area contributed by atoms with E-state index in [0.29, 0.717) is 13.0 Å². The summed E-state index contributed by atoms with van der Waals surface area (Å²) in [6.07, 6.45) is 4.44. The van der Waals surface area contributed by atoms with E-state index in [-0.39, 0.29) is 23.1 Å². The summed E-state index contributed by atoms with van der Waals surface area (Å²) in [6.45, 7) is 8.46. The largest absolute Gasteiger partial charge is 0.345 e. The van der Waals surface area contributed by atoms with E-state index >= 15 is 0 Å². The van der Waals surface area contributed by atoms with Gasteiger partial charge < -0.3 is 9.80 Å². The second-order valence-electron chi connectivity index (χ2n) is 8.07. The zero-order chi connectivity index (χ0) is 18.2. The predicted octanol–water partition coefficient (Wildman–Crippen LogP) is 0.569. The van der Waals surface area contributed by atoms with Gasteiger partial charge in [0.2, 0.25) is 11.8 Å². The van der Waals surface area contributed by atoms with E-state index in [1.165, 1.54) is 5.56 Å². The van der Waals surface area contributed by atoms with E-state index in [1.807, 2.05) is 54.8 Å². The van der Waals surface area contributed by atoms with Crippen molar-refractivity contribution < 1.29 is 9.59 Å². The Labute approximate surface area is 149 Å². The number of likely N-dealkylation sites (tertiary alicyclic amines) is 1. The molecule has 0 aliphatic carbocycles. The van der Waals surface area contributed by atoms with E-state index < -0.39 is 0 Å². The van der Waals surface area contributed by atoms with Crippen LogP contribution in [0.25, 0.3) is 0 Å². The molecule has 0 aromatic carbocycles. The first-order valence-corrected chi connectivity index (χ1v) is 9.01. The molecule has 2 saturated heterocycles. The number of hydrogen-bond donors (Lipinski definition) is 0. The highest BCUT2D eigenvalue weighted by Crippen LogP contribution is 2.35. The molecule has 3 heterocycles. The first-order chi connectivity index (χ1) is 11.8. The molecule has 0 radical (unpaired) electrons. The third kappa shape index (κ3) is 3.86. The van der Waals surface area contributed by atoms with E-state index in [9.17, 15) is 9.59 Å². The summed E-state index contributed by atoms with van der Waals surface area (Å²) < 4.78 is 1.81. The van der Waals surface area contributed by atoms with Crippen molar-refractivity contribution in [1.29, 1.82) is 0 Å². The van der Waals surface area contributed by atoms with Crippen molar-refractivity contribution in [3.8, 4) is 0 Å². The van der Waals surface area contributed by atoms with E-state index in [4.69, 9.17) is 0 Å². The molecule has 0 N–H and O–H groups in total. The number of carbonyl (C=O) groups is 2. The van der Waals surface area contributed by atoms with Gasteiger partial charge in [0.1, 0.15) is 0 Å². The summed E-state index contributed by atoms with van der Waals surface area (Å²) >= 11 is 0. The molecule has 138 valence electrons. The third-order valence-corrected chi connectivity index (χ3v) is 5.27.